The van der Waals surface area contributed by atoms with Crippen LogP contribution in [-0.4, -0.2) is 15.4 Å². The highest BCUT2D eigenvalue weighted by Crippen LogP contribution is 2.19. The Labute approximate surface area is 64.4 Å². The first-order chi connectivity index (χ1) is 5.04. The van der Waals surface area contributed by atoms with Gasteiger partial charge in [-0.1, -0.05) is 5.16 Å². The monoisotopic (exact) mass is 157 g/mol. The van der Waals surface area contributed by atoms with Gasteiger partial charge in [0.1, 0.15) is 11.3 Å². The number of hydrogen-bond acceptors (Lipinski definition) is 4. The van der Waals surface area contributed by atoms with Crippen LogP contribution in [0.25, 0.3) is 0 Å². The summed E-state index contributed by atoms with van der Waals surface area (Å²) in [5.74, 6) is 0.363. The van der Waals surface area contributed by atoms with Crippen LogP contribution in [0.4, 0.5) is 0 Å². The maximum Gasteiger partial charge on any atom is 0.168 e. The molecule has 4 heteroatoms. The summed E-state index contributed by atoms with van der Waals surface area (Å²) in [6.07, 6.45) is 0. The minimum absolute atomic E-state index is 0.167. The number of hydrogen-bond donors (Lipinski definition) is 2. The molecule has 1 rings (SSSR count). The topological polar surface area (TPSA) is 66.5 Å². The fraction of sp³-hybridized carbons (Fsp3) is 0.571. The van der Waals surface area contributed by atoms with Gasteiger partial charge in [0, 0.05) is 6.07 Å². The van der Waals surface area contributed by atoms with Crippen LogP contribution in [0, 0.1) is 0 Å². The van der Waals surface area contributed by atoms with E-state index in [1.54, 1.807) is 13.8 Å². The summed E-state index contributed by atoms with van der Waals surface area (Å²) in [6.45, 7) is 3.02. The lowest BCUT2D eigenvalue weighted by molar-refractivity contribution is 0.0474. The average molecular weight is 157 g/mol. The maximum absolute atomic E-state index is 9.38. The smallest absolute Gasteiger partial charge is 0.168 e. The van der Waals surface area contributed by atoms with Gasteiger partial charge < -0.3 is 14.7 Å². The molecule has 0 fully saturated rings. The molecule has 0 bridgehead atoms. The zero-order valence-electron chi connectivity index (χ0n) is 6.53. The molecule has 0 spiro atoms. The van der Waals surface area contributed by atoms with Crippen molar-refractivity contribution in [2.24, 2.45) is 0 Å². The van der Waals surface area contributed by atoms with Crippen LogP contribution in [0.5, 0.6) is 0 Å². The highest BCUT2D eigenvalue weighted by atomic mass is 16.5. The first-order valence-electron chi connectivity index (χ1n) is 3.33. The van der Waals surface area contributed by atoms with Gasteiger partial charge in [-0.25, -0.2) is 0 Å². The van der Waals surface area contributed by atoms with E-state index in [0.717, 1.165) is 0 Å². The van der Waals surface area contributed by atoms with Crippen molar-refractivity contribution in [1.82, 2.24) is 5.16 Å². The number of aromatic nitrogens is 1. The van der Waals surface area contributed by atoms with Gasteiger partial charge in [-0.3, -0.25) is 0 Å². The van der Waals surface area contributed by atoms with Crippen LogP contribution in [0.3, 0.4) is 0 Å². The van der Waals surface area contributed by atoms with Crippen LogP contribution in [0.2, 0.25) is 0 Å². The minimum atomic E-state index is -1.03. The van der Waals surface area contributed by atoms with Crippen molar-refractivity contribution in [3.63, 3.8) is 0 Å². The molecule has 0 aliphatic carbocycles. The Hall–Kier alpha value is -0.870. The Morgan fingerprint density at radius 3 is 2.55 bits per heavy atom. The standard InChI is InChI=1S/C7H11NO3/c1-7(2,10)6-3-5(4-9)8-11-6/h3,9-10H,4H2,1-2H3. The lowest BCUT2D eigenvalue weighted by Gasteiger charge is -2.10. The fourth-order valence-corrected chi connectivity index (χ4v) is 0.675. The van der Waals surface area contributed by atoms with E-state index < -0.39 is 5.60 Å². The van der Waals surface area contributed by atoms with E-state index in [-0.39, 0.29) is 6.61 Å². The SMILES string of the molecule is CC(C)(O)c1cc(CO)no1. The molecule has 0 aromatic carbocycles. The van der Waals surface area contributed by atoms with Crippen molar-refractivity contribution in [2.75, 3.05) is 0 Å². The third-order valence-electron chi connectivity index (χ3n) is 1.32. The first-order valence-corrected chi connectivity index (χ1v) is 3.33. The van der Waals surface area contributed by atoms with E-state index >= 15 is 0 Å². The molecule has 1 aromatic rings. The molecular formula is C7H11NO3. The van der Waals surface area contributed by atoms with Crippen molar-refractivity contribution in [3.05, 3.63) is 17.5 Å². The van der Waals surface area contributed by atoms with Gasteiger partial charge in [-0.05, 0) is 13.8 Å². The fourth-order valence-electron chi connectivity index (χ4n) is 0.675. The van der Waals surface area contributed by atoms with Crippen LogP contribution >= 0.6 is 0 Å². The molecule has 0 aliphatic heterocycles. The van der Waals surface area contributed by atoms with Gasteiger partial charge in [-0.2, -0.15) is 0 Å². The molecule has 11 heavy (non-hydrogen) atoms. The number of rotatable bonds is 2. The maximum atomic E-state index is 9.38. The zero-order chi connectivity index (χ0) is 8.48. The highest BCUT2D eigenvalue weighted by Gasteiger charge is 2.21. The summed E-state index contributed by atoms with van der Waals surface area (Å²) in [5.41, 5.74) is -0.595. The van der Waals surface area contributed by atoms with E-state index in [1.807, 2.05) is 0 Å². The molecule has 4 nitrogen and oxygen atoms in total. The molecule has 0 saturated carbocycles. The first kappa shape index (κ1) is 8.23. The van der Waals surface area contributed by atoms with Gasteiger partial charge in [-0.15, -0.1) is 0 Å². The van der Waals surface area contributed by atoms with Gasteiger partial charge in [0.2, 0.25) is 0 Å². The summed E-state index contributed by atoms with van der Waals surface area (Å²) in [5, 5.41) is 21.5. The second-order valence-electron chi connectivity index (χ2n) is 2.90. The van der Waals surface area contributed by atoms with Crippen LogP contribution in [0.1, 0.15) is 25.3 Å². The summed E-state index contributed by atoms with van der Waals surface area (Å²) < 4.78 is 4.76. The van der Waals surface area contributed by atoms with Crippen LogP contribution in [-0.2, 0) is 12.2 Å². The predicted molar refractivity (Wildman–Crippen MR) is 37.7 cm³/mol. The molecule has 0 unspecified atom stereocenters. The molecule has 0 saturated heterocycles. The van der Waals surface area contributed by atoms with Crippen molar-refractivity contribution in [1.29, 1.82) is 0 Å². The Morgan fingerprint density at radius 1 is 1.64 bits per heavy atom. The largest absolute Gasteiger partial charge is 0.390 e. The Kier molecular flexibility index (Phi) is 1.97. The Bertz CT molecular complexity index is 236. The molecule has 0 radical (unpaired) electrons. The van der Waals surface area contributed by atoms with E-state index in [4.69, 9.17) is 9.63 Å². The summed E-state index contributed by atoms with van der Waals surface area (Å²) in [7, 11) is 0. The average Bonchev–Trinajstić information content (AvgIpc) is 2.32. The predicted octanol–water partition coefficient (Wildman–Crippen LogP) is 0.394. The molecule has 0 atom stereocenters. The second kappa shape index (κ2) is 2.64. The quantitative estimate of drug-likeness (QED) is 0.651. The summed E-state index contributed by atoms with van der Waals surface area (Å²) in [6, 6.07) is 1.53. The molecular weight excluding hydrogens is 146 g/mol. The third kappa shape index (κ3) is 1.78. The molecule has 0 amide bonds. The van der Waals surface area contributed by atoms with Crippen LogP contribution < -0.4 is 0 Å². The molecule has 0 aliphatic rings. The summed E-state index contributed by atoms with van der Waals surface area (Å²) in [4.78, 5) is 0. The van der Waals surface area contributed by atoms with Crippen molar-refractivity contribution in [3.8, 4) is 0 Å². The molecule has 1 heterocycles. The van der Waals surface area contributed by atoms with E-state index in [9.17, 15) is 5.11 Å². The molecule has 1 aromatic heterocycles. The van der Waals surface area contributed by atoms with Crippen molar-refractivity contribution >= 4 is 0 Å². The van der Waals surface area contributed by atoms with Crippen molar-refractivity contribution in [2.45, 2.75) is 26.1 Å². The third-order valence-corrected chi connectivity index (χ3v) is 1.32. The van der Waals surface area contributed by atoms with Gasteiger partial charge in [0.05, 0.1) is 6.61 Å². The summed E-state index contributed by atoms with van der Waals surface area (Å²) >= 11 is 0. The lowest BCUT2D eigenvalue weighted by atomic mass is 10.1. The lowest BCUT2D eigenvalue weighted by Crippen LogP contribution is -2.13. The molecule has 2 N–H and O–H groups in total. The number of aliphatic hydroxyl groups excluding tert-OH is 1. The zero-order valence-corrected chi connectivity index (χ0v) is 6.53. The molecule has 62 valence electrons. The van der Waals surface area contributed by atoms with Gasteiger partial charge in [0.25, 0.3) is 0 Å². The van der Waals surface area contributed by atoms with Crippen LogP contribution in [0.15, 0.2) is 10.6 Å². The number of aliphatic hydroxyl groups is 2. The highest BCUT2D eigenvalue weighted by molar-refractivity contribution is 5.09. The normalized spacial score (nSPS) is 12.0. The van der Waals surface area contributed by atoms with Gasteiger partial charge in [0.15, 0.2) is 5.76 Å². The van der Waals surface area contributed by atoms with Crippen molar-refractivity contribution < 1.29 is 14.7 Å². The van der Waals surface area contributed by atoms with E-state index in [2.05, 4.69) is 5.16 Å². The Balaban J connectivity index is 2.89. The van der Waals surface area contributed by atoms with E-state index in [0.29, 0.717) is 11.5 Å². The van der Waals surface area contributed by atoms with Gasteiger partial charge >= 0.3 is 0 Å². The second-order valence-corrected chi connectivity index (χ2v) is 2.90. The Morgan fingerprint density at radius 2 is 2.27 bits per heavy atom. The van der Waals surface area contributed by atoms with E-state index in [1.165, 1.54) is 6.07 Å². The number of nitrogens with zero attached hydrogens (tertiary/aromatic N) is 1. The minimum Gasteiger partial charge on any atom is -0.390 e.